The van der Waals surface area contributed by atoms with Crippen molar-refractivity contribution < 1.29 is 4.79 Å². The van der Waals surface area contributed by atoms with Gasteiger partial charge in [0.2, 0.25) is 0 Å². The molecule has 6 heteroatoms. The Morgan fingerprint density at radius 1 is 1.33 bits per heavy atom. The molecule has 0 saturated heterocycles. The number of nitrogens with two attached hydrogens (primary N) is 1. The van der Waals surface area contributed by atoms with Crippen LogP contribution in [0.15, 0.2) is 47.1 Å². The molecule has 1 aromatic heterocycles. The number of aromatic nitrogens is 1. The fraction of sp³-hybridized carbons (Fsp3) is 0.200. The number of carbonyl (C=O) groups excluding carboxylic acids is 1. The molecule has 2 atom stereocenters. The van der Waals surface area contributed by atoms with Crippen LogP contribution in [-0.2, 0) is 0 Å². The average Bonchev–Trinajstić information content (AvgIpc) is 3.27. The summed E-state index contributed by atoms with van der Waals surface area (Å²) in [6.07, 6.45) is 2.55. The fourth-order valence-corrected chi connectivity index (χ4v) is 2.73. The number of benzene rings is 1. The minimum absolute atomic E-state index is 0.166. The van der Waals surface area contributed by atoms with Gasteiger partial charge >= 0.3 is 0 Å². The van der Waals surface area contributed by atoms with Gasteiger partial charge in [0.25, 0.3) is 5.91 Å². The Hall–Kier alpha value is -1.92. The van der Waals surface area contributed by atoms with E-state index >= 15 is 0 Å². The number of nitrogens with zero attached hydrogens (tertiary/aromatic N) is 1. The van der Waals surface area contributed by atoms with Gasteiger partial charge in [0.15, 0.2) is 5.82 Å². The summed E-state index contributed by atoms with van der Waals surface area (Å²) in [6.45, 7) is 0. The second kappa shape index (κ2) is 5.83. The minimum atomic E-state index is -0.166. The Morgan fingerprint density at radius 3 is 2.81 bits per heavy atom. The summed E-state index contributed by atoms with van der Waals surface area (Å²) >= 11 is 3.31. The number of nitrogens with one attached hydrogen (secondary N) is 2. The Morgan fingerprint density at radius 2 is 2.10 bits per heavy atom. The van der Waals surface area contributed by atoms with E-state index in [-0.39, 0.29) is 11.9 Å². The molecule has 0 aliphatic heterocycles. The van der Waals surface area contributed by atoms with Crippen molar-refractivity contribution in [2.75, 3.05) is 5.43 Å². The van der Waals surface area contributed by atoms with E-state index in [1.54, 1.807) is 12.3 Å². The zero-order valence-corrected chi connectivity index (χ0v) is 12.8. The summed E-state index contributed by atoms with van der Waals surface area (Å²) in [6, 6.07) is 12.1. The smallest absolute Gasteiger partial charge is 0.255 e. The molecule has 3 rings (SSSR count). The maximum absolute atomic E-state index is 12.3. The first kappa shape index (κ1) is 14.0. The van der Waals surface area contributed by atoms with E-state index in [1.165, 1.54) is 5.56 Å². The van der Waals surface area contributed by atoms with Crippen molar-refractivity contribution in [3.63, 3.8) is 0 Å². The van der Waals surface area contributed by atoms with E-state index in [4.69, 9.17) is 5.84 Å². The van der Waals surface area contributed by atoms with Crippen LogP contribution in [-0.4, -0.2) is 16.9 Å². The van der Waals surface area contributed by atoms with E-state index in [2.05, 4.69) is 43.8 Å². The first-order valence-corrected chi connectivity index (χ1v) is 7.46. The Labute approximate surface area is 131 Å². The van der Waals surface area contributed by atoms with Gasteiger partial charge < -0.3 is 10.7 Å². The highest BCUT2D eigenvalue weighted by Crippen LogP contribution is 2.40. The molecule has 1 fully saturated rings. The van der Waals surface area contributed by atoms with Crippen molar-refractivity contribution >= 4 is 27.7 Å². The SMILES string of the molecule is NNc1ncc(Br)cc1C(=O)NC1CC1c1ccccc1. The molecule has 1 heterocycles. The number of halogens is 1. The van der Waals surface area contributed by atoms with E-state index in [1.807, 2.05) is 18.2 Å². The Balaban J connectivity index is 1.70. The molecule has 1 saturated carbocycles. The van der Waals surface area contributed by atoms with Gasteiger partial charge in [-0.3, -0.25) is 4.79 Å². The molecule has 2 aromatic rings. The quantitative estimate of drug-likeness (QED) is 0.586. The molecule has 1 aliphatic carbocycles. The molecule has 108 valence electrons. The number of hydrazine groups is 1. The topological polar surface area (TPSA) is 80.0 Å². The third-order valence-electron chi connectivity index (χ3n) is 3.57. The highest BCUT2D eigenvalue weighted by molar-refractivity contribution is 9.10. The lowest BCUT2D eigenvalue weighted by atomic mass is 10.1. The van der Waals surface area contributed by atoms with Crippen LogP contribution >= 0.6 is 15.9 Å². The summed E-state index contributed by atoms with van der Waals surface area (Å²) < 4.78 is 0.738. The molecule has 0 spiro atoms. The van der Waals surface area contributed by atoms with Crippen LogP contribution < -0.4 is 16.6 Å². The third kappa shape index (κ3) is 3.06. The van der Waals surface area contributed by atoms with Crippen LogP contribution in [0, 0.1) is 0 Å². The van der Waals surface area contributed by atoms with Crippen LogP contribution in [0.1, 0.15) is 28.3 Å². The van der Waals surface area contributed by atoms with Crippen molar-refractivity contribution in [2.24, 2.45) is 5.84 Å². The summed E-state index contributed by atoms with van der Waals surface area (Å²) in [5.41, 5.74) is 4.14. The minimum Gasteiger partial charge on any atom is -0.349 e. The molecule has 1 amide bonds. The average molecular weight is 347 g/mol. The molecule has 21 heavy (non-hydrogen) atoms. The van der Waals surface area contributed by atoms with Gasteiger partial charge in [-0.25, -0.2) is 10.8 Å². The van der Waals surface area contributed by atoms with Crippen molar-refractivity contribution in [3.8, 4) is 0 Å². The summed E-state index contributed by atoms with van der Waals surface area (Å²) in [4.78, 5) is 16.4. The summed E-state index contributed by atoms with van der Waals surface area (Å²) in [5.74, 6) is 5.99. The van der Waals surface area contributed by atoms with Crippen molar-refractivity contribution in [3.05, 3.63) is 58.2 Å². The van der Waals surface area contributed by atoms with Gasteiger partial charge in [0, 0.05) is 22.6 Å². The van der Waals surface area contributed by atoms with Crippen molar-refractivity contribution in [1.82, 2.24) is 10.3 Å². The monoisotopic (exact) mass is 346 g/mol. The lowest BCUT2D eigenvalue weighted by Crippen LogP contribution is -2.28. The molecular weight excluding hydrogens is 332 g/mol. The van der Waals surface area contributed by atoms with Crippen molar-refractivity contribution in [2.45, 2.75) is 18.4 Å². The van der Waals surface area contributed by atoms with Gasteiger partial charge in [-0.15, -0.1) is 0 Å². The molecule has 1 aromatic carbocycles. The molecule has 5 nitrogen and oxygen atoms in total. The van der Waals surface area contributed by atoms with Gasteiger partial charge in [0.05, 0.1) is 5.56 Å². The number of rotatable bonds is 4. The van der Waals surface area contributed by atoms with Gasteiger partial charge in [-0.05, 0) is 34.0 Å². The number of amides is 1. The highest BCUT2D eigenvalue weighted by Gasteiger charge is 2.39. The maximum Gasteiger partial charge on any atom is 0.255 e. The Bertz CT molecular complexity index is 662. The molecule has 0 bridgehead atoms. The van der Waals surface area contributed by atoms with Crippen LogP contribution in [0.2, 0.25) is 0 Å². The normalized spacial score (nSPS) is 19.9. The van der Waals surface area contributed by atoms with E-state index in [9.17, 15) is 4.79 Å². The second-order valence-electron chi connectivity index (χ2n) is 5.03. The number of nitrogen functional groups attached to an aromatic ring is 1. The van der Waals surface area contributed by atoms with E-state index < -0.39 is 0 Å². The van der Waals surface area contributed by atoms with Crippen LogP contribution in [0.5, 0.6) is 0 Å². The summed E-state index contributed by atoms with van der Waals surface area (Å²) in [7, 11) is 0. The zero-order valence-electron chi connectivity index (χ0n) is 11.2. The van der Waals surface area contributed by atoms with Gasteiger partial charge in [0.1, 0.15) is 0 Å². The third-order valence-corrected chi connectivity index (χ3v) is 4.00. The van der Waals surface area contributed by atoms with Crippen LogP contribution in [0.3, 0.4) is 0 Å². The first-order valence-electron chi connectivity index (χ1n) is 6.67. The predicted molar refractivity (Wildman–Crippen MR) is 84.8 cm³/mol. The fourth-order valence-electron chi connectivity index (χ4n) is 2.40. The van der Waals surface area contributed by atoms with E-state index in [0.717, 1.165) is 10.9 Å². The largest absolute Gasteiger partial charge is 0.349 e. The van der Waals surface area contributed by atoms with Gasteiger partial charge in [-0.1, -0.05) is 30.3 Å². The predicted octanol–water partition coefficient (Wildman–Crippen LogP) is 2.42. The van der Waals surface area contributed by atoms with Crippen LogP contribution in [0.25, 0.3) is 0 Å². The number of pyridine rings is 1. The molecular formula is C15H15BrN4O. The zero-order chi connectivity index (χ0) is 14.8. The first-order chi connectivity index (χ1) is 10.2. The number of anilines is 1. The van der Waals surface area contributed by atoms with Gasteiger partial charge in [-0.2, -0.15) is 0 Å². The van der Waals surface area contributed by atoms with Crippen LogP contribution in [0.4, 0.5) is 5.82 Å². The standard InChI is InChI=1S/C15H15BrN4O/c16-10-6-12(14(20-17)18-8-10)15(21)19-13-7-11(13)9-4-2-1-3-5-9/h1-6,8,11,13H,7,17H2,(H,18,20)(H,19,21). The maximum atomic E-state index is 12.3. The summed E-state index contributed by atoms with van der Waals surface area (Å²) in [5, 5.41) is 3.03. The highest BCUT2D eigenvalue weighted by atomic mass is 79.9. The number of hydrogen-bond donors (Lipinski definition) is 3. The molecule has 4 N–H and O–H groups in total. The molecule has 0 radical (unpaired) electrons. The number of hydrogen-bond acceptors (Lipinski definition) is 4. The number of carbonyl (C=O) groups is 1. The molecule has 2 unspecified atom stereocenters. The Kier molecular flexibility index (Phi) is 3.90. The lowest BCUT2D eigenvalue weighted by molar-refractivity contribution is 0.0950. The second-order valence-corrected chi connectivity index (χ2v) is 5.94. The van der Waals surface area contributed by atoms with Crippen molar-refractivity contribution in [1.29, 1.82) is 0 Å². The molecule has 1 aliphatic rings. The lowest BCUT2D eigenvalue weighted by Gasteiger charge is -2.09. The van der Waals surface area contributed by atoms with E-state index in [0.29, 0.717) is 17.3 Å².